The van der Waals surface area contributed by atoms with E-state index in [1.54, 1.807) is 19.4 Å². The third-order valence-corrected chi connectivity index (χ3v) is 3.21. The fourth-order valence-electron chi connectivity index (χ4n) is 1.60. The lowest BCUT2D eigenvalue weighted by atomic mass is 10.3. The molecule has 1 aromatic rings. The average Bonchev–Trinajstić information content (AvgIpc) is 2.79. The van der Waals surface area contributed by atoms with E-state index in [0.717, 1.165) is 6.42 Å². The molecule has 8 heteroatoms. The maximum atomic E-state index is 13.2. The predicted octanol–water partition coefficient (Wildman–Crippen LogP) is 2.37. The fourth-order valence-corrected chi connectivity index (χ4v) is 1.97. The second kappa shape index (κ2) is 6.89. The van der Waals surface area contributed by atoms with Gasteiger partial charge in [-0.25, -0.2) is 4.39 Å². The highest BCUT2D eigenvalue weighted by molar-refractivity contribution is 9.10. The molecule has 1 heterocycles. The summed E-state index contributed by atoms with van der Waals surface area (Å²) in [6.07, 6.45) is 2.36. The summed E-state index contributed by atoms with van der Waals surface area (Å²) in [7, 11) is 1.63. The number of hydrogen-bond donors (Lipinski definition) is 2. The van der Waals surface area contributed by atoms with E-state index in [1.165, 1.54) is 17.2 Å². The van der Waals surface area contributed by atoms with Gasteiger partial charge in [-0.2, -0.15) is 5.06 Å². The van der Waals surface area contributed by atoms with E-state index < -0.39 is 0 Å². The molecule has 1 aromatic carbocycles. The summed E-state index contributed by atoms with van der Waals surface area (Å²) in [4.78, 5) is 5.10. The molecule has 1 aliphatic heterocycles. The highest BCUT2D eigenvalue weighted by atomic mass is 79.9. The van der Waals surface area contributed by atoms with Crippen molar-refractivity contribution in [3.05, 3.63) is 40.5 Å². The van der Waals surface area contributed by atoms with Crippen molar-refractivity contribution >= 4 is 21.6 Å². The first kappa shape index (κ1) is 15.0. The van der Waals surface area contributed by atoms with Crippen molar-refractivity contribution in [2.75, 3.05) is 25.3 Å². The molecule has 0 unspecified atom stereocenters. The Morgan fingerprint density at radius 3 is 3.00 bits per heavy atom. The van der Waals surface area contributed by atoms with Crippen LogP contribution in [0, 0.1) is 5.82 Å². The lowest BCUT2D eigenvalue weighted by molar-refractivity contribution is -0.306. The monoisotopic (exact) mass is 347 g/mol. The molecule has 0 fully saturated rings. The van der Waals surface area contributed by atoms with Gasteiger partial charge in [-0.05, 0) is 40.5 Å². The molecule has 20 heavy (non-hydrogen) atoms. The quantitative estimate of drug-likeness (QED) is 0.770. The number of nitrogens with zero attached hydrogens (tertiary/aromatic N) is 2. The van der Waals surface area contributed by atoms with E-state index in [4.69, 9.17) is 9.68 Å². The van der Waals surface area contributed by atoms with Crippen LogP contribution in [-0.2, 0) is 9.68 Å². The van der Waals surface area contributed by atoms with Crippen LogP contribution in [0.5, 0.6) is 0 Å². The number of rotatable bonds is 6. The Hall–Kier alpha value is -1.35. The minimum Gasteiger partial charge on any atom is -0.385 e. The largest absolute Gasteiger partial charge is 0.385 e. The van der Waals surface area contributed by atoms with Crippen molar-refractivity contribution in [3.8, 4) is 0 Å². The van der Waals surface area contributed by atoms with Gasteiger partial charge in [0.25, 0.3) is 0 Å². The van der Waals surface area contributed by atoms with Gasteiger partial charge < -0.3 is 10.1 Å². The normalized spacial score (nSPS) is 14.7. The second-order valence-corrected chi connectivity index (χ2v) is 4.92. The van der Waals surface area contributed by atoms with Gasteiger partial charge in [-0.3, -0.25) is 5.21 Å². The van der Waals surface area contributed by atoms with Gasteiger partial charge in [0, 0.05) is 20.3 Å². The van der Waals surface area contributed by atoms with Crippen molar-refractivity contribution in [3.63, 3.8) is 0 Å². The smallest absolute Gasteiger partial charge is 0.179 e. The van der Waals surface area contributed by atoms with Gasteiger partial charge >= 0.3 is 0 Å². The van der Waals surface area contributed by atoms with Crippen LogP contribution >= 0.6 is 15.9 Å². The van der Waals surface area contributed by atoms with Crippen molar-refractivity contribution in [2.24, 2.45) is 0 Å². The number of benzene rings is 1. The SMILES string of the molecule is COCCCNC1=CN(c2ccc(F)c(Br)c2)ON1O. The molecule has 0 amide bonds. The Morgan fingerprint density at radius 2 is 2.30 bits per heavy atom. The van der Waals surface area contributed by atoms with E-state index in [2.05, 4.69) is 21.2 Å². The molecule has 0 atom stereocenters. The number of hydroxylamine groups is 3. The van der Waals surface area contributed by atoms with Gasteiger partial charge in [0.2, 0.25) is 0 Å². The van der Waals surface area contributed by atoms with Crippen molar-refractivity contribution in [1.82, 2.24) is 10.5 Å². The Kier molecular flexibility index (Phi) is 5.18. The molecular formula is C12H15BrFN3O3. The van der Waals surface area contributed by atoms with Crippen LogP contribution in [0.15, 0.2) is 34.7 Å². The molecule has 2 N–H and O–H groups in total. The number of ether oxygens (including phenoxy) is 1. The first-order chi connectivity index (χ1) is 9.61. The number of hydrogen-bond acceptors (Lipinski definition) is 6. The maximum absolute atomic E-state index is 13.2. The lowest BCUT2D eigenvalue weighted by Gasteiger charge is -2.16. The van der Waals surface area contributed by atoms with E-state index in [-0.39, 0.29) is 5.82 Å². The molecule has 0 radical (unpaired) electrons. The van der Waals surface area contributed by atoms with Gasteiger partial charge in [0.05, 0.1) is 16.4 Å². The summed E-state index contributed by atoms with van der Waals surface area (Å²) in [5.74, 6) is 0.0252. The lowest BCUT2D eigenvalue weighted by Crippen LogP contribution is -2.27. The maximum Gasteiger partial charge on any atom is 0.179 e. The molecule has 1 aliphatic rings. The van der Waals surface area contributed by atoms with Gasteiger partial charge in [0.1, 0.15) is 5.82 Å². The van der Waals surface area contributed by atoms with Gasteiger partial charge in [0.15, 0.2) is 5.82 Å². The van der Waals surface area contributed by atoms with Gasteiger partial charge in [-0.1, -0.05) is 5.23 Å². The van der Waals surface area contributed by atoms with E-state index in [9.17, 15) is 9.60 Å². The van der Waals surface area contributed by atoms with Crippen LogP contribution in [-0.4, -0.2) is 30.7 Å². The summed E-state index contributed by atoms with van der Waals surface area (Å²) < 4.78 is 18.4. The minimum atomic E-state index is -0.365. The molecule has 2 rings (SSSR count). The molecule has 0 aliphatic carbocycles. The Balaban J connectivity index is 2.00. The molecule has 0 saturated heterocycles. The number of nitrogens with one attached hydrogen (secondary N) is 1. The first-order valence-electron chi connectivity index (χ1n) is 5.98. The molecule has 6 nitrogen and oxygen atoms in total. The Labute approximate surface area is 124 Å². The summed E-state index contributed by atoms with van der Waals surface area (Å²) >= 11 is 3.10. The van der Waals surface area contributed by atoms with Crippen LogP contribution in [0.25, 0.3) is 0 Å². The molecule has 110 valence electrons. The molecular weight excluding hydrogens is 333 g/mol. The highest BCUT2D eigenvalue weighted by Crippen LogP contribution is 2.27. The second-order valence-electron chi connectivity index (χ2n) is 4.07. The molecule has 0 spiro atoms. The minimum absolute atomic E-state index is 0.318. The van der Waals surface area contributed by atoms with Gasteiger partial charge in [-0.15, -0.1) is 4.94 Å². The zero-order chi connectivity index (χ0) is 14.5. The third kappa shape index (κ3) is 3.60. The standard InChI is InChI=1S/C12H15BrFN3O3/c1-19-6-2-5-15-12-8-16(20-17(12)18)9-3-4-11(14)10(13)7-9/h3-4,7-8,15,18H,2,5-6H2,1H3. The fraction of sp³-hybridized carbons (Fsp3) is 0.333. The number of anilines is 1. The van der Waals surface area contributed by atoms with E-state index in [1.807, 2.05) is 0 Å². The Bertz CT molecular complexity index is 501. The predicted molar refractivity (Wildman–Crippen MR) is 73.9 cm³/mol. The van der Waals surface area contributed by atoms with Crippen molar-refractivity contribution < 1.29 is 19.3 Å². The topological polar surface area (TPSA) is 57.2 Å². The zero-order valence-corrected chi connectivity index (χ0v) is 12.4. The van der Waals surface area contributed by atoms with Crippen molar-refractivity contribution in [2.45, 2.75) is 6.42 Å². The van der Waals surface area contributed by atoms with Crippen LogP contribution in [0.4, 0.5) is 10.1 Å². The van der Waals surface area contributed by atoms with Crippen molar-refractivity contribution in [1.29, 1.82) is 0 Å². The number of halogens is 2. The average molecular weight is 348 g/mol. The van der Waals surface area contributed by atoms with E-state index >= 15 is 0 Å². The summed E-state index contributed by atoms with van der Waals surface area (Å²) in [6.45, 7) is 1.25. The van der Waals surface area contributed by atoms with Crippen LogP contribution < -0.4 is 10.4 Å². The summed E-state index contributed by atoms with van der Waals surface area (Å²) in [5.41, 5.74) is 0.575. The van der Waals surface area contributed by atoms with Crippen LogP contribution in [0.2, 0.25) is 0 Å². The third-order valence-electron chi connectivity index (χ3n) is 2.60. The van der Waals surface area contributed by atoms with Crippen LogP contribution in [0.1, 0.15) is 6.42 Å². The zero-order valence-electron chi connectivity index (χ0n) is 10.8. The van der Waals surface area contributed by atoms with E-state index in [0.29, 0.717) is 34.4 Å². The first-order valence-corrected chi connectivity index (χ1v) is 6.77. The van der Waals surface area contributed by atoms with Crippen LogP contribution in [0.3, 0.4) is 0 Å². The summed E-state index contributed by atoms with van der Waals surface area (Å²) in [5, 5.41) is 14.6. The molecule has 0 saturated carbocycles. The molecule has 0 aromatic heterocycles. The molecule has 0 bridgehead atoms. The highest BCUT2D eigenvalue weighted by Gasteiger charge is 2.22. The Morgan fingerprint density at radius 1 is 1.50 bits per heavy atom. The number of methoxy groups -OCH3 is 1. The summed E-state index contributed by atoms with van der Waals surface area (Å²) in [6, 6.07) is 4.40.